The summed E-state index contributed by atoms with van der Waals surface area (Å²) in [4.78, 5) is 50.6. The summed E-state index contributed by atoms with van der Waals surface area (Å²) in [6, 6.07) is 4.43. The van der Waals surface area contributed by atoms with Gasteiger partial charge in [-0.05, 0) is 31.5 Å². The Morgan fingerprint density at radius 2 is 1.88 bits per heavy atom. The van der Waals surface area contributed by atoms with Crippen molar-refractivity contribution in [3.05, 3.63) is 50.8 Å². The quantitative estimate of drug-likeness (QED) is 0.712. The number of amides is 1. The van der Waals surface area contributed by atoms with E-state index in [1.807, 2.05) is 6.92 Å². The minimum Gasteiger partial charge on any atom is -0.462 e. The number of aromatic amines is 1. The maximum absolute atomic E-state index is 12.0. The Morgan fingerprint density at radius 1 is 1.15 bits per heavy atom. The van der Waals surface area contributed by atoms with Gasteiger partial charge in [0, 0.05) is 11.1 Å². The van der Waals surface area contributed by atoms with Crippen molar-refractivity contribution in [3.63, 3.8) is 0 Å². The van der Waals surface area contributed by atoms with Crippen LogP contribution in [0.15, 0.2) is 29.2 Å². The number of aromatic nitrogens is 1. The zero-order chi connectivity index (χ0) is 19.1. The maximum atomic E-state index is 12.0. The van der Waals surface area contributed by atoms with Gasteiger partial charge in [-0.2, -0.15) is 0 Å². The average Bonchev–Trinajstić information content (AvgIpc) is 3.03. The van der Waals surface area contributed by atoms with Crippen molar-refractivity contribution in [2.75, 3.05) is 18.5 Å². The molecule has 2 aromatic rings. The SMILES string of the molecule is CCOC(=O)c1cc(CC)sc1NC(=O)COC(=O)c1ccc[nH]c1=O. The van der Waals surface area contributed by atoms with Crippen molar-refractivity contribution >= 4 is 34.2 Å². The highest BCUT2D eigenvalue weighted by Crippen LogP contribution is 2.29. The monoisotopic (exact) mass is 378 g/mol. The molecule has 0 saturated carbocycles. The molecular weight excluding hydrogens is 360 g/mol. The van der Waals surface area contributed by atoms with Crippen molar-refractivity contribution in [1.82, 2.24) is 4.98 Å². The van der Waals surface area contributed by atoms with Gasteiger partial charge in [-0.25, -0.2) is 9.59 Å². The van der Waals surface area contributed by atoms with E-state index in [1.54, 1.807) is 13.0 Å². The molecule has 0 unspecified atom stereocenters. The van der Waals surface area contributed by atoms with Crippen LogP contribution >= 0.6 is 11.3 Å². The number of aryl methyl sites for hydroxylation is 1. The molecule has 0 bridgehead atoms. The lowest BCUT2D eigenvalue weighted by Crippen LogP contribution is -2.24. The molecule has 0 atom stereocenters. The highest BCUT2D eigenvalue weighted by molar-refractivity contribution is 7.16. The molecule has 2 rings (SSSR count). The van der Waals surface area contributed by atoms with Gasteiger partial charge in [0.25, 0.3) is 11.5 Å². The number of hydrogen-bond donors (Lipinski definition) is 2. The van der Waals surface area contributed by atoms with Crippen molar-refractivity contribution in [2.45, 2.75) is 20.3 Å². The molecule has 2 aromatic heterocycles. The number of rotatable bonds is 7. The Labute approximate surface area is 153 Å². The van der Waals surface area contributed by atoms with E-state index >= 15 is 0 Å². The van der Waals surface area contributed by atoms with E-state index in [0.29, 0.717) is 11.4 Å². The zero-order valence-corrected chi connectivity index (χ0v) is 15.1. The van der Waals surface area contributed by atoms with Crippen LogP contribution < -0.4 is 10.9 Å². The second-order valence-electron chi connectivity index (χ2n) is 5.07. The van der Waals surface area contributed by atoms with Gasteiger partial charge < -0.3 is 19.8 Å². The number of hydrogen-bond acceptors (Lipinski definition) is 7. The Bertz CT molecular complexity index is 870. The first kappa shape index (κ1) is 19.4. The summed E-state index contributed by atoms with van der Waals surface area (Å²) in [5.74, 6) is -2.07. The number of carbonyl (C=O) groups is 3. The first-order valence-electron chi connectivity index (χ1n) is 7.90. The van der Waals surface area contributed by atoms with Gasteiger partial charge in [0.1, 0.15) is 10.6 Å². The molecule has 2 heterocycles. The van der Waals surface area contributed by atoms with Gasteiger partial charge in [-0.3, -0.25) is 9.59 Å². The van der Waals surface area contributed by atoms with E-state index in [0.717, 1.165) is 4.88 Å². The third kappa shape index (κ3) is 4.79. The Morgan fingerprint density at radius 3 is 2.54 bits per heavy atom. The molecule has 0 saturated heterocycles. The Kier molecular flexibility index (Phi) is 6.67. The summed E-state index contributed by atoms with van der Waals surface area (Å²) in [6.45, 7) is 3.24. The molecule has 0 radical (unpaired) electrons. The molecule has 0 aliphatic carbocycles. The minimum atomic E-state index is -0.909. The van der Waals surface area contributed by atoms with Gasteiger partial charge >= 0.3 is 11.9 Å². The molecule has 0 spiro atoms. The van der Waals surface area contributed by atoms with Crippen LogP contribution in [0, 0.1) is 0 Å². The van der Waals surface area contributed by atoms with Crippen LogP contribution in [0.3, 0.4) is 0 Å². The molecule has 0 aliphatic rings. The highest BCUT2D eigenvalue weighted by Gasteiger charge is 2.20. The van der Waals surface area contributed by atoms with Crippen molar-refractivity contribution in [1.29, 1.82) is 0 Å². The van der Waals surface area contributed by atoms with E-state index in [1.165, 1.54) is 29.7 Å². The van der Waals surface area contributed by atoms with E-state index in [-0.39, 0.29) is 17.7 Å². The summed E-state index contributed by atoms with van der Waals surface area (Å²) in [5, 5.41) is 2.87. The number of H-pyrrole nitrogens is 1. The van der Waals surface area contributed by atoms with Crippen LogP contribution in [0.2, 0.25) is 0 Å². The number of esters is 2. The van der Waals surface area contributed by atoms with E-state index in [4.69, 9.17) is 9.47 Å². The van der Waals surface area contributed by atoms with Crippen molar-refractivity contribution in [3.8, 4) is 0 Å². The summed E-state index contributed by atoms with van der Waals surface area (Å²) in [7, 11) is 0. The van der Waals surface area contributed by atoms with Crippen LogP contribution in [0.5, 0.6) is 0 Å². The fourth-order valence-electron chi connectivity index (χ4n) is 2.02. The van der Waals surface area contributed by atoms with Gasteiger partial charge in [0.15, 0.2) is 6.61 Å². The van der Waals surface area contributed by atoms with E-state index in [2.05, 4.69) is 10.3 Å². The highest BCUT2D eigenvalue weighted by atomic mass is 32.1. The van der Waals surface area contributed by atoms with Crippen molar-refractivity contribution < 1.29 is 23.9 Å². The lowest BCUT2D eigenvalue weighted by molar-refractivity contribution is -0.119. The molecule has 0 aromatic carbocycles. The first-order chi connectivity index (χ1) is 12.5. The summed E-state index contributed by atoms with van der Waals surface area (Å²) in [5.41, 5.74) is -0.543. The standard InChI is InChI=1S/C17H18N2O6S/c1-3-10-8-12(17(23)24-4-2)15(26-10)19-13(20)9-25-16(22)11-6-5-7-18-14(11)21/h5-8H,3-4,9H2,1-2H3,(H,18,21)(H,19,20). The molecule has 0 fully saturated rings. The molecule has 26 heavy (non-hydrogen) atoms. The molecule has 2 N–H and O–H groups in total. The van der Waals surface area contributed by atoms with Crippen LogP contribution in [0.4, 0.5) is 5.00 Å². The largest absolute Gasteiger partial charge is 0.462 e. The smallest absolute Gasteiger partial charge is 0.344 e. The van der Waals surface area contributed by atoms with Crippen LogP contribution in [0.25, 0.3) is 0 Å². The third-order valence-corrected chi connectivity index (χ3v) is 4.45. The Hall–Kier alpha value is -2.94. The van der Waals surface area contributed by atoms with Gasteiger partial charge in [-0.1, -0.05) is 6.92 Å². The van der Waals surface area contributed by atoms with Gasteiger partial charge in [0.2, 0.25) is 0 Å². The number of thiophene rings is 1. The number of pyridine rings is 1. The van der Waals surface area contributed by atoms with Crippen LogP contribution in [-0.2, 0) is 20.7 Å². The molecule has 8 nitrogen and oxygen atoms in total. The lowest BCUT2D eigenvalue weighted by atomic mass is 10.2. The molecule has 138 valence electrons. The molecular formula is C17H18N2O6S. The maximum Gasteiger partial charge on any atom is 0.344 e. The first-order valence-corrected chi connectivity index (χ1v) is 8.72. The third-order valence-electron chi connectivity index (χ3n) is 3.25. The van der Waals surface area contributed by atoms with E-state index < -0.39 is 30.0 Å². The second kappa shape index (κ2) is 8.95. The van der Waals surface area contributed by atoms with Gasteiger partial charge in [-0.15, -0.1) is 11.3 Å². The fraction of sp³-hybridized carbons (Fsp3) is 0.294. The topological polar surface area (TPSA) is 115 Å². The normalized spacial score (nSPS) is 10.2. The van der Waals surface area contributed by atoms with Crippen LogP contribution in [-0.4, -0.2) is 36.0 Å². The second-order valence-corrected chi connectivity index (χ2v) is 6.20. The van der Waals surface area contributed by atoms with Crippen molar-refractivity contribution in [2.24, 2.45) is 0 Å². The zero-order valence-electron chi connectivity index (χ0n) is 14.3. The molecule has 0 aliphatic heterocycles. The Balaban J connectivity index is 2.02. The number of anilines is 1. The number of ether oxygens (including phenoxy) is 2. The average molecular weight is 378 g/mol. The summed E-state index contributed by atoms with van der Waals surface area (Å²) >= 11 is 1.25. The minimum absolute atomic E-state index is 0.197. The van der Waals surface area contributed by atoms with Gasteiger partial charge in [0.05, 0.1) is 12.2 Å². The molecule has 9 heteroatoms. The fourth-order valence-corrected chi connectivity index (χ4v) is 3.02. The molecule has 1 amide bonds. The number of carbonyl (C=O) groups excluding carboxylic acids is 3. The number of nitrogens with one attached hydrogen (secondary N) is 2. The summed E-state index contributed by atoms with van der Waals surface area (Å²) in [6.07, 6.45) is 2.07. The van der Waals surface area contributed by atoms with Crippen LogP contribution in [0.1, 0.15) is 39.4 Å². The summed E-state index contributed by atoms with van der Waals surface area (Å²) < 4.78 is 9.81. The predicted molar refractivity (Wildman–Crippen MR) is 95.6 cm³/mol. The van der Waals surface area contributed by atoms with E-state index in [9.17, 15) is 19.2 Å². The predicted octanol–water partition coefficient (Wildman–Crippen LogP) is 1.97. The lowest BCUT2D eigenvalue weighted by Gasteiger charge is -2.07.